The first-order valence-electron chi connectivity index (χ1n) is 8.97. The highest BCUT2D eigenvalue weighted by Gasteiger charge is 2.09. The van der Waals surface area contributed by atoms with Gasteiger partial charge in [-0.05, 0) is 24.1 Å². The van der Waals surface area contributed by atoms with Crippen LogP contribution >= 0.6 is 0 Å². The molecule has 10 heteroatoms. The van der Waals surface area contributed by atoms with E-state index in [1.54, 1.807) is 26.4 Å². The minimum atomic E-state index is -0.597. The van der Waals surface area contributed by atoms with Gasteiger partial charge in [-0.2, -0.15) is 5.10 Å². The van der Waals surface area contributed by atoms with Crippen molar-refractivity contribution in [2.45, 2.75) is 12.8 Å². The Kier molecular flexibility index (Phi) is 8.30. The number of methoxy groups -OCH3 is 2. The molecule has 0 fully saturated rings. The van der Waals surface area contributed by atoms with Gasteiger partial charge in [0.05, 0.1) is 25.4 Å². The zero-order valence-electron chi connectivity index (χ0n) is 16.6. The minimum Gasteiger partial charge on any atom is -0.493 e. The molecule has 2 amide bonds. The van der Waals surface area contributed by atoms with Crippen molar-refractivity contribution >= 4 is 23.7 Å². The highest BCUT2D eigenvalue weighted by molar-refractivity contribution is 5.97. The lowest BCUT2D eigenvalue weighted by Crippen LogP contribution is -2.31. The molecule has 0 aliphatic rings. The lowest BCUT2D eigenvalue weighted by Gasteiger charge is -2.10. The summed E-state index contributed by atoms with van der Waals surface area (Å²) in [5.41, 5.74) is 3.52. The molecule has 0 bridgehead atoms. The Morgan fingerprint density at radius 2 is 1.87 bits per heavy atom. The van der Waals surface area contributed by atoms with Crippen molar-refractivity contribution < 1.29 is 24.0 Å². The van der Waals surface area contributed by atoms with E-state index in [0.29, 0.717) is 30.0 Å². The Balaban J connectivity index is 1.75. The van der Waals surface area contributed by atoms with Crippen molar-refractivity contribution in [2.24, 2.45) is 5.10 Å². The molecule has 30 heavy (non-hydrogen) atoms. The van der Waals surface area contributed by atoms with Gasteiger partial charge in [0.1, 0.15) is 6.42 Å². The number of nitro groups is 1. The van der Waals surface area contributed by atoms with E-state index in [1.165, 1.54) is 24.4 Å². The van der Waals surface area contributed by atoms with E-state index in [4.69, 9.17) is 9.47 Å². The molecular formula is C20H22N4O6. The van der Waals surface area contributed by atoms with Gasteiger partial charge in [0.25, 0.3) is 5.69 Å². The Morgan fingerprint density at radius 1 is 1.10 bits per heavy atom. The van der Waals surface area contributed by atoms with Gasteiger partial charge < -0.3 is 14.8 Å². The summed E-state index contributed by atoms with van der Waals surface area (Å²) in [5, 5.41) is 17.1. The molecule has 0 aliphatic heterocycles. The molecule has 0 unspecified atom stereocenters. The molecule has 158 valence electrons. The van der Waals surface area contributed by atoms with Crippen molar-refractivity contribution in [2.75, 3.05) is 20.8 Å². The molecule has 0 atom stereocenters. The largest absolute Gasteiger partial charge is 0.493 e. The van der Waals surface area contributed by atoms with Crippen LogP contribution in [0.15, 0.2) is 47.6 Å². The normalized spacial score (nSPS) is 10.5. The van der Waals surface area contributed by atoms with Gasteiger partial charge in [-0.15, -0.1) is 0 Å². The van der Waals surface area contributed by atoms with Crippen molar-refractivity contribution in [3.05, 3.63) is 63.7 Å². The highest BCUT2D eigenvalue weighted by atomic mass is 16.6. The van der Waals surface area contributed by atoms with E-state index in [-0.39, 0.29) is 5.69 Å². The van der Waals surface area contributed by atoms with Gasteiger partial charge >= 0.3 is 0 Å². The Bertz CT molecular complexity index is 945. The van der Waals surface area contributed by atoms with Crippen molar-refractivity contribution in [3.8, 4) is 11.5 Å². The van der Waals surface area contributed by atoms with Crippen LogP contribution in [0.3, 0.4) is 0 Å². The van der Waals surface area contributed by atoms with Gasteiger partial charge in [-0.3, -0.25) is 19.7 Å². The average Bonchev–Trinajstić information content (AvgIpc) is 2.73. The van der Waals surface area contributed by atoms with E-state index in [0.717, 1.165) is 5.56 Å². The maximum absolute atomic E-state index is 11.9. The summed E-state index contributed by atoms with van der Waals surface area (Å²) < 4.78 is 10.4. The van der Waals surface area contributed by atoms with Crippen LogP contribution in [0.1, 0.15) is 17.5 Å². The van der Waals surface area contributed by atoms with Crippen LogP contribution in [0.5, 0.6) is 11.5 Å². The topological polar surface area (TPSA) is 132 Å². The third-order valence-corrected chi connectivity index (χ3v) is 3.99. The quantitative estimate of drug-likeness (QED) is 0.264. The van der Waals surface area contributed by atoms with Crippen LogP contribution in [0.2, 0.25) is 0 Å². The fraction of sp³-hybridized carbons (Fsp3) is 0.250. The van der Waals surface area contributed by atoms with Crippen molar-refractivity contribution in [1.29, 1.82) is 0 Å². The summed E-state index contributed by atoms with van der Waals surface area (Å²) in [4.78, 5) is 33.9. The lowest BCUT2D eigenvalue weighted by molar-refractivity contribution is -0.384. The first-order chi connectivity index (χ1) is 14.4. The monoisotopic (exact) mass is 414 g/mol. The number of hydrazone groups is 1. The predicted octanol–water partition coefficient (Wildman–Crippen LogP) is 1.81. The Labute approximate surface area is 173 Å². The minimum absolute atomic E-state index is 0.0841. The third kappa shape index (κ3) is 6.89. The fourth-order valence-electron chi connectivity index (χ4n) is 2.53. The molecule has 0 aromatic heterocycles. The summed E-state index contributed by atoms with van der Waals surface area (Å²) in [6.45, 7) is 0.346. The molecule has 0 heterocycles. The summed E-state index contributed by atoms with van der Waals surface area (Å²) in [5.74, 6) is 0.175. The summed E-state index contributed by atoms with van der Waals surface area (Å²) >= 11 is 0. The van der Waals surface area contributed by atoms with E-state index in [1.807, 2.05) is 12.1 Å². The summed E-state index contributed by atoms with van der Waals surface area (Å²) in [6, 6.07) is 11.2. The Morgan fingerprint density at radius 3 is 2.57 bits per heavy atom. The van der Waals surface area contributed by atoms with E-state index in [2.05, 4.69) is 15.8 Å². The molecule has 2 aromatic carbocycles. The predicted molar refractivity (Wildman–Crippen MR) is 110 cm³/mol. The second kappa shape index (κ2) is 11.1. The number of ether oxygens (including phenoxy) is 2. The van der Waals surface area contributed by atoms with Crippen molar-refractivity contribution in [1.82, 2.24) is 10.7 Å². The zero-order chi connectivity index (χ0) is 21.9. The summed E-state index contributed by atoms with van der Waals surface area (Å²) in [7, 11) is 3.10. The van der Waals surface area contributed by atoms with Crippen LogP contribution in [0.25, 0.3) is 0 Å². The number of carbonyl (C=O) groups is 2. The van der Waals surface area contributed by atoms with Crippen LogP contribution < -0.4 is 20.2 Å². The number of nitrogens with zero attached hydrogens (tertiary/aromatic N) is 2. The van der Waals surface area contributed by atoms with Gasteiger partial charge in [-0.25, -0.2) is 5.43 Å². The zero-order valence-corrected chi connectivity index (χ0v) is 16.6. The van der Waals surface area contributed by atoms with Crippen LogP contribution in [-0.4, -0.2) is 43.7 Å². The molecular weight excluding hydrogens is 392 g/mol. The lowest BCUT2D eigenvalue weighted by atomic mass is 10.1. The number of carbonyl (C=O) groups excluding carboxylic acids is 2. The number of amides is 2. The molecule has 0 spiro atoms. The first kappa shape index (κ1) is 22.3. The first-order valence-corrected chi connectivity index (χ1v) is 8.97. The SMILES string of the molecule is COc1ccc(CCNC(=O)CC(=O)NN=Cc2cccc([N+](=O)[O-])c2)cc1OC. The second-order valence-corrected chi connectivity index (χ2v) is 6.11. The number of non-ortho nitro benzene ring substituents is 1. The van der Waals surface area contributed by atoms with E-state index in [9.17, 15) is 19.7 Å². The fourth-order valence-corrected chi connectivity index (χ4v) is 2.53. The van der Waals surface area contributed by atoms with Crippen LogP contribution in [0.4, 0.5) is 5.69 Å². The molecule has 0 saturated heterocycles. The Hall–Kier alpha value is -3.95. The smallest absolute Gasteiger partial charge is 0.270 e. The molecule has 0 saturated carbocycles. The van der Waals surface area contributed by atoms with Gasteiger partial charge in [0.2, 0.25) is 11.8 Å². The van der Waals surface area contributed by atoms with Crippen molar-refractivity contribution in [3.63, 3.8) is 0 Å². The summed E-state index contributed by atoms with van der Waals surface area (Å²) in [6.07, 6.45) is 1.43. The number of hydrogen-bond donors (Lipinski definition) is 2. The molecule has 2 aromatic rings. The molecule has 0 aliphatic carbocycles. The molecule has 2 rings (SSSR count). The average molecular weight is 414 g/mol. The molecule has 0 radical (unpaired) electrons. The molecule has 10 nitrogen and oxygen atoms in total. The van der Waals surface area contributed by atoms with Gasteiger partial charge in [0.15, 0.2) is 11.5 Å². The maximum atomic E-state index is 11.9. The highest BCUT2D eigenvalue weighted by Crippen LogP contribution is 2.27. The second-order valence-electron chi connectivity index (χ2n) is 6.11. The van der Waals surface area contributed by atoms with E-state index < -0.39 is 23.2 Å². The standard InChI is InChI=1S/C20H22N4O6/c1-29-17-7-6-14(11-18(17)30-2)8-9-21-19(25)12-20(26)23-22-13-15-4-3-5-16(10-15)24(27)28/h3-7,10-11,13H,8-9,12H2,1-2H3,(H,21,25)(H,23,26). The number of hydrogen-bond acceptors (Lipinski definition) is 7. The molecule has 2 N–H and O–H groups in total. The third-order valence-electron chi connectivity index (χ3n) is 3.99. The number of nitrogens with one attached hydrogen (secondary N) is 2. The van der Waals surface area contributed by atoms with Crippen LogP contribution in [-0.2, 0) is 16.0 Å². The number of rotatable bonds is 10. The number of nitro benzene ring substituents is 1. The van der Waals surface area contributed by atoms with Gasteiger partial charge in [0, 0.05) is 24.2 Å². The maximum Gasteiger partial charge on any atom is 0.270 e. The van der Waals surface area contributed by atoms with Gasteiger partial charge in [-0.1, -0.05) is 18.2 Å². The van der Waals surface area contributed by atoms with Crippen LogP contribution in [0, 0.1) is 10.1 Å². The van der Waals surface area contributed by atoms with E-state index >= 15 is 0 Å². The number of benzene rings is 2.